The van der Waals surface area contributed by atoms with Crippen LogP contribution in [0.4, 0.5) is 5.82 Å². The number of nitrogens with zero attached hydrogens (tertiary/aromatic N) is 3. The highest BCUT2D eigenvalue weighted by atomic mass is 16.2. The number of carbonyl (C=O) groups is 1. The van der Waals surface area contributed by atoms with Gasteiger partial charge in [0, 0.05) is 30.7 Å². The van der Waals surface area contributed by atoms with E-state index in [0.717, 1.165) is 36.1 Å². The molecule has 1 amide bonds. The Bertz CT molecular complexity index is 567. The van der Waals surface area contributed by atoms with Crippen molar-refractivity contribution in [1.29, 1.82) is 0 Å². The summed E-state index contributed by atoms with van der Waals surface area (Å²) in [4.78, 5) is 22.1. The van der Waals surface area contributed by atoms with Gasteiger partial charge in [-0.05, 0) is 31.0 Å². The van der Waals surface area contributed by atoms with Crippen molar-refractivity contribution in [2.45, 2.75) is 19.3 Å². The number of fused-ring (bicyclic) bond motifs is 1. The number of amides is 1. The van der Waals surface area contributed by atoms with E-state index in [4.69, 9.17) is 0 Å². The molecule has 3 heterocycles. The number of pyridine rings is 2. The van der Waals surface area contributed by atoms with Crippen molar-refractivity contribution in [2.24, 2.45) is 0 Å². The average molecular weight is 227 g/mol. The molecule has 0 bridgehead atoms. The van der Waals surface area contributed by atoms with Crippen molar-refractivity contribution in [3.8, 4) is 0 Å². The lowest BCUT2D eigenvalue weighted by atomic mass is 10.1. The van der Waals surface area contributed by atoms with Crippen molar-refractivity contribution < 1.29 is 4.79 Å². The van der Waals surface area contributed by atoms with E-state index in [1.54, 1.807) is 17.3 Å². The topological polar surface area (TPSA) is 46.1 Å². The second-order valence-electron chi connectivity index (χ2n) is 4.24. The first-order valence-corrected chi connectivity index (χ1v) is 5.86. The van der Waals surface area contributed by atoms with Gasteiger partial charge in [0.05, 0.1) is 5.52 Å². The van der Waals surface area contributed by atoms with Gasteiger partial charge >= 0.3 is 0 Å². The van der Waals surface area contributed by atoms with Gasteiger partial charge in [-0.15, -0.1) is 0 Å². The van der Waals surface area contributed by atoms with E-state index in [2.05, 4.69) is 9.97 Å². The first-order chi connectivity index (χ1) is 8.34. The molecule has 1 fully saturated rings. The standard InChI is InChI=1S/C13H13N3O/c17-13-3-1-2-8-16(13)12-5-4-10-9-14-7-6-11(10)15-12/h4-7,9H,1-3,8H2. The molecular formula is C13H13N3O. The minimum Gasteiger partial charge on any atom is -0.297 e. The van der Waals surface area contributed by atoms with Crippen LogP contribution in [0.5, 0.6) is 0 Å². The van der Waals surface area contributed by atoms with E-state index in [9.17, 15) is 4.79 Å². The number of hydrogen-bond acceptors (Lipinski definition) is 3. The van der Waals surface area contributed by atoms with Gasteiger partial charge in [-0.25, -0.2) is 4.98 Å². The third-order valence-electron chi connectivity index (χ3n) is 3.07. The van der Waals surface area contributed by atoms with Crippen LogP contribution in [-0.2, 0) is 4.79 Å². The Labute approximate surface area is 99.3 Å². The third-order valence-corrected chi connectivity index (χ3v) is 3.07. The molecule has 0 spiro atoms. The van der Waals surface area contributed by atoms with E-state index in [1.807, 2.05) is 18.2 Å². The summed E-state index contributed by atoms with van der Waals surface area (Å²) in [5.41, 5.74) is 0.885. The Balaban J connectivity index is 2.02. The second kappa shape index (κ2) is 4.13. The van der Waals surface area contributed by atoms with E-state index in [1.165, 1.54) is 0 Å². The molecular weight excluding hydrogens is 214 g/mol. The zero-order valence-corrected chi connectivity index (χ0v) is 9.47. The summed E-state index contributed by atoms with van der Waals surface area (Å²) in [6.45, 7) is 0.780. The molecule has 1 aliphatic heterocycles. The SMILES string of the molecule is O=C1CCCCN1c1ccc2cnccc2n1. The fourth-order valence-corrected chi connectivity index (χ4v) is 2.15. The number of aromatic nitrogens is 2. The van der Waals surface area contributed by atoms with Crippen LogP contribution in [0.25, 0.3) is 10.9 Å². The van der Waals surface area contributed by atoms with Gasteiger partial charge in [0.2, 0.25) is 5.91 Å². The van der Waals surface area contributed by atoms with E-state index < -0.39 is 0 Å². The molecule has 0 aliphatic carbocycles. The molecule has 2 aromatic heterocycles. The molecule has 0 aromatic carbocycles. The van der Waals surface area contributed by atoms with Crippen molar-refractivity contribution >= 4 is 22.6 Å². The molecule has 1 aliphatic rings. The fraction of sp³-hybridized carbons (Fsp3) is 0.308. The predicted octanol–water partition coefficient (Wildman–Crippen LogP) is 2.15. The highest BCUT2D eigenvalue weighted by Gasteiger charge is 2.20. The van der Waals surface area contributed by atoms with Gasteiger partial charge in [-0.2, -0.15) is 0 Å². The molecule has 0 unspecified atom stereocenters. The normalized spacial score (nSPS) is 16.5. The van der Waals surface area contributed by atoms with Gasteiger partial charge in [0.15, 0.2) is 0 Å². The van der Waals surface area contributed by atoms with Crippen molar-refractivity contribution in [2.75, 3.05) is 11.4 Å². The van der Waals surface area contributed by atoms with Crippen LogP contribution in [0.2, 0.25) is 0 Å². The Morgan fingerprint density at radius 3 is 3.00 bits per heavy atom. The van der Waals surface area contributed by atoms with Gasteiger partial charge in [0.1, 0.15) is 5.82 Å². The van der Waals surface area contributed by atoms with E-state index >= 15 is 0 Å². The Kier molecular flexibility index (Phi) is 2.48. The number of rotatable bonds is 1. The first kappa shape index (κ1) is 10.2. The molecule has 0 radical (unpaired) electrons. The number of piperidine rings is 1. The quantitative estimate of drug-likeness (QED) is 0.749. The average Bonchev–Trinajstić information content (AvgIpc) is 2.39. The highest BCUT2D eigenvalue weighted by molar-refractivity contribution is 5.94. The predicted molar refractivity (Wildman–Crippen MR) is 65.7 cm³/mol. The zero-order valence-electron chi connectivity index (χ0n) is 9.47. The number of carbonyl (C=O) groups excluding carboxylic acids is 1. The summed E-state index contributed by atoms with van der Waals surface area (Å²) in [5, 5.41) is 1.00. The molecule has 0 atom stereocenters. The highest BCUT2D eigenvalue weighted by Crippen LogP contribution is 2.21. The minimum absolute atomic E-state index is 0.178. The van der Waals surface area contributed by atoms with Gasteiger partial charge in [-0.3, -0.25) is 14.7 Å². The monoisotopic (exact) mass is 227 g/mol. The maximum Gasteiger partial charge on any atom is 0.228 e. The fourth-order valence-electron chi connectivity index (χ4n) is 2.15. The van der Waals surface area contributed by atoms with Crippen molar-refractivity contribution in [3.63, 3.8) is 0 Å². The van der Waals surface area contributed by atoms with Crippen molar-refractivity contribution in [1.82, 2.24) is 9.97 Å². The number of anilines is 1. The summed E-state index contributed by atoms with van der Waals surface area (Å²) >= 11 is 0. The molecule has 0 saturated carbocycles. The van der Waals surface area contributed by atoms with Crippen molar-refractivity contribution in [3.05, 3.63) is 30.6 Å². The van der Waals surface area contributed by atoms with Crippen LogP contribution in [0.15, 0.2) is 30.6 Å². The van der Waals surface area contributed by atoms with Gasteiger partial charge < -0.3 is 0 Å². The third kappa shape index (κ3) is 1.86. The molecule has 1 saturated heterocycles. The molecule has 17 heavy (non-hydrogen) atoms. The van der Waals surface area contributed by atoms with E-state index in [0.29, 0.717) is 6.42 Å². The molecule has 4 nitrogen and oxygen atoms in total. The largest absolute Gasteiger partial charge is 0.297 e. The zero-order chi connectivity index (χ0) is 11.7. The maximum absolute atomic E-state index is 11.8. The lowest BCUT2D eigenvalue weighted by Crippen LogP contribution is -2.35. The van der Waals surface area contributed by atoms with Crippen LogP contribution in [0.3, 0.4) is 0 Å². The molecule has 3 rings (SSSR count). The molecule has 86 valence electrons. The second-order valence-corrected chi connectivity index (χ2v) is 4.24. The maximum atomic E-state index is 11.8. The Morgan fingerprint density at radius 1 is 1.18 bits per heavy atom. The van der Waals surface area contributed by atoms with Gasteiger partial charge in [0.25, 0.3) is 0 Å². The van der Waals surface area contributed by atoms with Gasteiger partial charge in [-0.1, -0.05) is 0 Å². The van der Waals surface area contributed by atoms with Crippen LogP contribution in [0.1, 0.15) is 19.3 Å². The molecule has 2 aromatic rings. The number of hydrogen-bond donors (Lipinski definition) is 0. The van der Waals surface area contributed by atoms with E-state index in [-0.39, 0.29) is 5.91 Å². The lowest BCUT2D eigenvalue weighted by Gasteiger charge is -2.25. The molecule has 4 heteroatoms. The molecule has 0 N–H and O–H groups in total. The first-order valence-electron chi connectivity index (χ1n) is 5.86. The smallest absolute Gasteiger partial charge is 0.228 e. The van der Waals surface area contributed by atoms with Crippen LogP contribution >= 0.6 is 0 Å². The Morgan fingerprint density at radius 2 is 2.12 bits per heavy atom. The summed E-state index contributed by atoms with van der Waals surface area (Å²) < 4.78 is 0. The Hall–Kier alpha value is -1.97. The lowest BCUT2D eigenvalue weighted by molar-refractivity contribution is -0.119. The summed E-state index contributed by atoms with van der Waals surface area (Å²) in [5.74, 6) is 0.936. The minimum atomic E-state index is 0.178. The summed E-state index contributed by atoms with van der Waals surface area (Å²) in [6, 6.07) is 5.73. The summed E-state index contributed by atoms with van der Waals surface area (Å²) in [7, 11) is 0. The van der Waals surface area contributed by atoms with Crippen LogP contribution in [0, 0.1) is 0 Å². The van der Waals surface area contributed by atoms with Crippen LogP contribution < -0.4 is 4.90 Å². The summed E-state index contributed by atoms with van der Waals surface area (Å²) in [6.07, 6.45) is 6.19. The van der Waals surface area contributed by atoms with Crippen LogP contribution in [-0.4, -0.2) is 22.4 Å².